The van der Waals surface area contributed by atoms with Crippen molar-refractivity contribution < 1.29 is 17.5 Å². The van der Waals surface area contributed by atoms with E-state index in [4.69, 9.17) is 10.3 Å². The third-order valence-corrected chi connectivity index (χ3v) is 5.97. The zero-order valence-electron chi connectivity index (χ0n) is 12.9. The number of sulfone groups is 1. The normalized spacial score (nSPS) is 20.4. The molecule has 1 saturated heterocycles. The van der Waals surface area contributed by atoms with Gasteiger partial charge in [0.05, 0.1) is 23.7 Å². The van der Waals surface area contributed by atoms with Crippen LogP contribution in [0.1, 0.15) is 36.0 Å². The van der Waals surface area contributed by atoms with Crippen molar-refractivity contribution in [2.75, 3.05) is 25.3 Å². The number of halogens is 1. The number of benzene rings is 1. The van der Waals surface area contributed by atoms with Crippen LogP contribution in [-0.2, 0) is 14.6 Å². The molecule has 0 spiro atoms. The lowest BCUT2D eigenvalue weighted by atomic mass is 9.91. The molecule has 6 nitrogen and oxygen atoms in total. The van der Waals surface area contributed by atoms with Crippen molar-refractivity contribution in [1.82, 2.24) is 0 Å². The van der Waals surface area contributed by atoms with E-state index in [-0.39, 0.29) is 17.4 Å². The average Bonchev–Trinajstić information content (AvgIpc) is 2.55. The Bertz CT molecular complexity index is 658. The van der Waals surface area contributed by atoms with Crippen LogP contribution in [-0.4, -0.2) is 39.7 Å². The Morgan fingerprint density at radius 2 is 1.96 bits per heavy atom. The van der Waals surface area contributed by atoms with E-state index in [0.717, 1.165) is 11.1 Å². The Labute approximate surface area is 135 Å². The van der Waals surface area contributed by atoms with E-state index >= 15 is 0 Å². The van der Waals surface area contributed by atoms with E-state index in [1.807, 2.05) is 24.3 Å². The van der Waals surface area contributed by atoms with Gasteiger partial charge in [0, 0.05) is 12.0 Å². The molecule has 0 saturated carbocycles. The van der Waals surface area contributed by atoms with Crippen molar-refractivity contribution in [2.24, 2.45) is 5.11 Å². The fraction of sp³-hybridized carbons (Fsp3) is 0.600. The molecule has 1 aliphatic rings. The summed E-state index contributed by atoms with van der Waals surface area (Å²) in [7, 11) is -1.43. The standard InChI is InChI=1S/C15H20FN3O3S/c1-22-15(14(10-16)18-19-17)13-4-2-11(3-5-13)12-6-8-23(20,21)9-7-12/h2-5,12,14-15H,6-10H2,1H3/t14-,15-/m1/s1. The average molecular weight is 341 g/mol. The van der Waals surface area contributed by atoms with Crippen molar-refractivity contribution in [3.8, 4) is 0 Å². The van der Waals surface area contributed by atoms with Crippen molar-refractivity contribution in [2.45, 2.75) is 30.9 Å². The van der Waals surface area contributed by atoms with E-state index in [2.05, 4.69) is 10.0 Å². The van der Waals surface area contributed by atoms with Crippen molar-refractivity contribution >= 4 is 9.84 Å². The Morgan fingerprint density at radius 3 is 2.43 bits per heavy atom. The van der Waals surface area contributed by atoms with Crippen LogP contribution >= 0.6 is 0 Å². The first kappa shape index (κ1) is 17.7. The van der Waals surface area contributed by atoms with Gasteiger partial charge in [0.1, 0.15) is 16.5 Å². The fourth-order valence-electron chi connectivity index (χ4n) is 2.94. The topological polar surface area (TPSA) is 92.1 Å². The molecule has 0 bridgehead atoms. The first-order chi connectivity index (χ1) is 11.0. The molecule has 23 heavy (non-hydrogen) atoms. The molecule has 1 aromatic rings. The molecule has 1 heterocycles. The zero-order chi connectivity index (χ0) is 16.9. The lowest BCUT2D eigenvalue weighted by Crippen LogP contribution is -2.22. The summed E-state index contributed by atoms with van der Waals surface area (Å²) in [6.45, 7) is -0.801. The second kappa shape index (κ2) is 7.77. The van der Waals surface area contributed by atoms with Gasteiger partial charge in [-0.3, -0.25) is 4.39 Å². The lowest BCUT2D eigenvalue weighted by Gasteiger charge is -2.24. The van der Waals surface area contributed by atoms with Gasteiger partial charge in [-0.15, -0.1) is 0 Å². The van der Waals surface area contributed by atoms with Gasteiger partial charge in [0.25, 0.3) is 0 Å². The van der Waals surface area contributed by atoms with Crippen molar-refractivity contribution in [3.05, 3.63) is 45.8 Å². The van der Waals surface area contributed by atoms with Gasteiger partial charge >= 0.3 is 0 Å². The molecule has 2 atom stereocenters. The highest BCUT2D eigenvalue weighted by atomic mass is 32.2. The Kier molecular flexibility index (Phi) is 5.98. The minimum absolute atomic E-state index is 0.223. The van der Waals surface area contributed by atoms with E-state index in [1.54, 1.807) is 0 Å². The summed E-state index contributed by atoms with van der Waals surface area (Å²) in [5.74, 6) is 0.671. The van der Waals surface area contributed by atoms with Crippen LogP contribution in [0.5, 0.6) is 0 Å². The second-order valence-electron chi connectivity index (χ2n) is 5.68. The predicted octanol–water partition coefficient (Wildman–Crippen LogP) is 3.31. The summed E-state index contributed by atoms with van der Waals surface area (Å²) in [6, 6.07) is 6.56. The molecule has 1 aromatic carbocycles. The number of azide groups is 1. The van der Waals surface area contributed by atoms with Gasteiger partial charge in [-0.2, -0.15) is 0 Å². The van der Waals surface area contributed by atoms with E-state index in [0.29, 0.717) is 12.8 Å². The maximum atomic E-state index is 13.0. The fourth-order valence-corrected chi connectivity index (χ4v) is 4.43. The van der Waals surface area contributed by atoms with Gasteiger partial charge in [0.15, 0.2) is 0 Å². The third kappa shape index (κ3) is 4.43. The van der Waals surface area contributed by atoms with E-state index in [1.165, 1.54) is 7.11 Å². The Balaban J connectivity index is 2.13. The van der Waals surface area contributed by atoms with Gasteiger partial charge in [-0.25, -0.2) is 8.42 Å². The van der Waals surface area contributed by atoms with E-state index < -0.39 is 28.7 Å². The van der Waals surface area contributed by atoms with E-state index in [9.17, 15) is 12.8 Å². The molecule has 126 valence electrons. The van der Waals surface area contributed by atoms with Gasteiger partial charge in [-0.05, 0) is 35.4 Å². The number of hydrogen-bond acceptors (Lipinski definition) is 4. The number of hydrogen-bond donors (Lipinski definition) is 0. The number of alkyl halides is 1. The zero-order valence-corrected chi connectivity index (χ0v) is 13.7. The molecular weight excluding hydrogens is 321 g/mol. The summed E-state index contributed by atoms with van der Waals surface area (Å²) in [6.07, 6.45) is 0.610. The van der Waals surface area contributed by atoms with Crippen LogP contribution in [0.2, 0.25) is 0 Å². The molecule has 1 fully saturated rings. The Morgan fingerprint density at radius 1 is 1.35 bits per heavy atom. The highest BCUT2D eigenvalue weighted by Crippen LogP contribution is 2.31. The SMILES string of the molecule is CO[C@H](c1ccc(C2CCS(=O)(=O)CC2)cc1)[C@@H](CF)N=[N+]=[N-]. The summed E-state index contributed by atoms with van der Waals surface area (Å²) in [4.78, 5) is 2.65. The second-order valence-corrected chi connectivity index (χ2v) is 7.98. The molecule has 2 rings (SSSR count). The van der Waals surface area contributed by atoms with Gasteiger partial charge in [0.2, 0.25) is 0 Å². The van der Waals surface area contributed by atoms with Crippen molar-refractivity contribution in [1.29, 1.82) is 0 Å². The largest absolute Gasteiger partial charge is 0.376 e. The molecule has 0 aliphatic carbocycles. The maximum absolute atomic E-state index is 13.0. The number of methoxy groups -OCH3 is 1. The maximum Gasteiger partial charge on any atom is 0.150 e. The first-order valence-corrected chi connectivity index (χ1v) is 9.26. The summed E-state index contributed by atoms with van der Waals surface area (Å²) >= 11 is 0. The molecule has 0 radical (unpaired) electrons. The predicted molar refractivity (Wildman–Crippen MR) is 85.7 cm³/mol. The molecule has 0 aromatic heterocycles. The highest BCUT2D eigenvalue weighted by Gasteiger charge is 2.26. The summed E-state index contributed by atoms with van der Waals surface area (Å²) in [5, 5.41) is 3.43. The van der Waals surface area contributed by atoms with Crippen LogP contribution < -0.4 is 0 Å². The van der Waals surface area contributed by atoms with Crippen LogP contribution in [0, 0.1) is 0 Å². The third-order valence-electron chi connectivity index (χ3n) is 4.25. The van der Waals surface area contributed by atoms with Crippen LogP contribution in [0.15, 0.2) is 29.4 Å². The van der Waals surface area contributed by atoms with Crippen LogP contribution in [0.25, 0.3) is 10.4 Å². The molecule has 0 unspecified atom stereocenters. The quantitative estimate of drug-likeness (QED) is 0.451. The smallest absolute Gasteiger partial charge is 0.150 e. The van der Waals surface area contributed by atoms with Gasteiger partial charge in [-0.1, -0.05) is 29.4 Å². The molecule has 8 heteroatoms. The van der Waals surface area contributed by atoms with Gasteiger partial charge < -0.3 is 4.74 Å². The number of rotatable bonds is 6. The summed E-state index contributed by atoms with van der Waals surface area (Å²) in [5.41, 5.74) is 10.3. The molecular formula is C15H20FN3O3S. The van der Waals surface area contributed by atoms with Crippen LogP contribution in [0.4, 0.5) is 4.39 Å². The Hall–Kier alpha value is -1.63. The minimum Gasteiger partial charge on any atom is -0.376 e. The number of nitrogens with zero attached hydrogens (tertiary/aromatic N) is 3. The van der Waals surface area contributed by atoms with Crippen LogP contribution in [0.3, 0.4) is 0 Å². The molecule has 0 N–H and O–H groups in total. The summed E-state index contributed by atoms with van der Waals surface area (Å²) < 4.78 is 41.3. The number of ether oxygens (including phenoxy) is 1. The molecule has 1 aliphatic heterocycles. The highest BCUT2D eigenvalue weighted by molar-refractivity contribution is 7.91. The minimum atomic E-state index is -2.88. The first-order valence-electron chi connectivity index (χ1n) is 7.44. The molecule has 0 amide bonds. The lowest BCUT2D eigenvalue weighted by molar-refractivity contribution is 0.0722. The monoisotopic (exact) mass is 341 g/mol. The van der Waals surface area contributed by atoms with Crippen molar-refractivity contribution in [3.63, 3.8) is 0 Å².